The lowest BCUT2D eigenvalue weighted by Crippen LogP contribution is -2.14. The smallest absolute Gasteiger partial charge is 0.0159 e. The molecule has 0 amide bonds. The summed E-state index contributed by atoms with van der Waals surface area (Å²) in [4.78, 5) is 0. The Balaban J connectivity index is 1.30. The zero-order valence-electron chi connectivity index (χ0n) is 31.0. The van der Waals surface area contributed by atoms with Gasteiger partial charge in [0.1, 0.15) is 0 Å². The standard InChI is InChI=1S/C55H38/c1-55(2)50-25-13-12-23-45(50)54-46(24-14-26-51(54)55)53-43-22-11-10-21-42(43)52(49-33-39-20-9-8-19-38(39)32-47(49)36-16-4-3-5-17-36)44-30-29-41(34-48(44)53)40-28-27-35-15-6-7-18-37(35)31-40/h3-34H,1-2H3. The maximum Gasteiger partial charge on any atom is 0.0159 e. The van der Waals surface area contributed by atoms with E-state index >= 15 is 0 Å². The van der Waals surface area contributed by atoms with Crippen molar-refractivity contribution in [3.63, 3.8) is 0 Å². The van der Waals surface area contributed by atoms with Crippen LogP contribution in [-0.4, -0.2) is 0 Å². The van der Waals surface area contributed by atoms with Gasteiger partial charge in [0.15, 0.2) is 0 Å². The Morgan fingerprint density at radius 3 is 1.56 bits per heavy atom. The van der Waals surface area contributed by atoms with E-state index < -0.39 is 0 Å². The van der Waals surface area contributed by atoms with Gasteiger partial charge in [-0.25, -0.2) is 0 Å². The second-order valence-corrected chi connectivity index (χ2v) is 15.6. The molecule has 0 saturated heterocycles. The summed E-state index contributed by atoms with van der Waals surface area (Å²) in [5.74, 6) is 0. The summed E-state index contributed by atoms with van der Waals surface area (Å²) in [7, 11) is 0. The van der Waals surface area contributed by atoms with Gasteiger partial charge in [0, 0.05) is 5.41 Å². The van der Waals surface area contributed by atoms with Crippen LogP contribution >= 0.6 is 0 Å². The van der Waals surface area contributed by atoms with E-state index in [4.69, 9.17) is 0 Å². The number of fused-ring (bicyclic) bond motifs is 7. The lowest BCUT2D eigenvalue weighted by atomic mass is 9.79. The molecule has 0 heterocycles. The maximum absolute atomic E-state index is 2.47. The van der Waals surface area contributed by atoms with Crippen molar-refractivity contribution in [1.82, 2.24) is 0 Å². The normalized spacial score (nSPS) is 13.1. The van der Waals surface area contributed by atoms with E-state index in [0.29, 0.717) is 0 Å². The van der Waals surface area contributed by atoms with Crippen LogP contribution in [0.4, 0.5) is 0 Å². The highest BCUT2D eigenvalue weighted by atomic mass is 14.4. The van der Waals surface area contributed by atoms with Crippen LogP contribution in [0.3, 0.4) is 0 Å². The van der Waals surface area contributed by atoms with Crippen LogP contribution in [-0.2, 0) is 5.41 Å². The molecule has 0 heteroatoms. The van der Waals surface area contributed by atoms with Crippen molar-refractivity contribution in [3.05, 3.63) is 205 Å². The summed E-state index contributed by atoms with van der Waals surface area (Å²) in [5, 5.41) is 10.1. The quantitative estimate of drug-likeness (QED) is 0.161. The SMILES string of the molecule is CC1(C)c2ccccc2-c2c(-c3c4ccccc4c(-c4cc5ccccc5cc4-c4ccccc4)c4ccc(-c5ccc6ccccc6c5)cc34)cccc21. The molecule has 0 spiro atoms. The van der Waals surface area contributed by atoms with Gasteiger partial charge in [-0.3, -0.25) is 0 Å². The van der Waals surface area contributed by atoms with Gasteiger partial charge >= 0.3 is 0 Å². The van der Waals surface area contributed by atoms with E-state index in [2.05, 4.69) is 208 Å². The minimum atomic E-state index is -0.0978. The molecule has 0 bridgehead atoms. The summed E-state index contributed by atoms with van der Waals surface area (Å²) in [6, 6.07) is 72.4. The van der Waals surface area contributed by atoms with Gasteiger partial charge in [-0.15, -0.1) is 0 Å². The molecule has 11 rings (SSSR count). The lowest BCUT2D eigenvalue weighted by molar-refractivity contribution is 0.660. The number of hydrogen-bond acceptors (Lipinski definition) is 0. The van der Waals surface area contributed by atoms with Gasteiger partial charge in [0.2, 0.25) is 0 Å². The Bertz CT molecular complexity index is 3160. The van der Waals surface area contributed by atoms with Gasteiger partial charge in [-0.05, 0) is 134 Å². The summed E-state index contributed by atoms with van der Waals surface area (Å²) < 4.78 is 0. The molecule has 55 heavy (non-hydrogen) atoms. The van der Waals surface area contributed by atoms with Crippen LogP contribution in [0.15, 0.2) is 194 Å². The first-order valence-corrected chi connectivity index (χ1v) is 19.3. The summed E-state index contributed by atoms with van der Waals surface area (Å²) >= 11 is 0. The fourth-order valence-electron chi connectivity index (χ4n) is 9.57. The third kappa shape index (κ3) is 4.85. The van der Waals surface area contributed by atoms with E-state index in [1.54, 1.807) is 0 Å². The molecule has 0 saturated carbocycles. The van der Waals surface area contributed by atoms with Gasteiger partial charge < -0.3 is 0 Å². The minimum absolute atomic E-state index is 0.0978. The topological polar surface area (TPSA) is 0 Å². The van der Waals surface area contributed by atoms with Gasteiger partial charge in [-0.1, -0.05) is 184 Å². The van der Waals surface area contributed by atoms with E-state index in [-0.39, 0.29) is 5.41 Å². The highest BCUT2D eigenvalue weighted by molar-refractivity contribution is 6.24. The molecule has 0 unspecified atom stereocenters. The first kappa shape index (κ1) is 31.7. The molecule has 10 aromatic carbocycles. The monoisotopic (exact) mass is 698 g/mol. The molecular formula is C55H38. The molecule has 0 fully saturated rings. The van der Waals surface area contributed by atoms with Gasteiger partial charge in [-0.2, -0.15) is 0 Å². The summed E-state index contributed by atoms with van der Waals surface area (Å²) in [6.07, 6.45) is 0. The van der Waals surface area contributed by atoms with E-state index in [0.717, 1.165) is 0 Å². The lowest BCUT2D eigenvalue weighted by Gasteiger charge is -2.23. The van der Waals surface area contributed by atoms with Crippen molar-refractivity contribution < 1.29 is 0 Å². The van der Waals surface area contributed by atoms with Crippen LogP contribution in [0.25, 0.3) is 98.7 Å². The van der Waals surface area contributed by atoms with Crippen LogP contribution in [0.5, 0.6) is 0 Å². The Kier molecular flexibility index (Phi) is 7.00. The average Bonchev–Trinajstić information content (AvgIpc) is 3.48. The largest absolute Gasteiger partial charge is 0.0622 e. The average molecular weight is 699 g/mol. The molecule has 1 aliphatic carbocycles. The summed E-state index contributed by atoms with van der Waals surface area (Å²) in [5.41, 5.74) is 15.4. The van der Waals surface area contributed by atoms with Crippen molar-refractivity contribution in [2.24, 2.45) is 0 Å². The number of hydrogen-bond donors (Lipinski definition) is 0. The minimum Gasteiger partial charge on any atom is -0.0622 e. The predicted molar refractivity (Wildman–Crippen MR) is 236 cm³/mol. The van der Waals surface area contributed by atoms with Crippen LogP contribution in [0, 0.1) is 0 Å². The van der Waals surface area contributed by atoms with Crippen LogP contribution in [0.2, 0.25) is 0 Å². The molecule has 10 aromatic rings. The van der Waals surface area contributed by atoms with E-state index in [1.807, 2.05) is 0 Å². The number of rotatable bonds is 4. The highest BCUT2D eigenvalue weighted by Gasteiger charge is 2.37. The Labute approximate surface area is 322 Å². The first-order chi connectivity index (χ1) is 27.0. The Hall–Kier alpha value is -6.76. The Morgan fingerprint density at radius 1 is 0.273 bits per heavy atom. The van der Waals surface area contributed by atoms with Crippen LogP contribution < -0.4 is 0 Å². The van der Waals surface area contributed by atoms with Crippen molar-refractivity contribution in [2.75, 3.05) is 0 Å². The molecule has 0 aliphatic heterocycles. The first-order valence-electron chi connectivity index (χ1n) is 19.3. The van der Waals surface area contributed by atoms with Gasteiger partial charge in [0.05, 0.1) is 0 Å². The second-order valence-electron chi connectivity index (χ2n) is 15.6. The van der Waals surface area contributed by atoms with Crippen molar-refractivity contribution in [2.45, 2.75) is 19.3 Å². The predicted octanol–water partition coefficient (Wildman–Crippen LogP) is 15.3. The Morgan fingerprint density at radius 2 is 0.800 bits per heavy atom. The zero-order chi connectivity index (χ0) is 36.7. The molecule has 0 N–H and O–H groups in total. The van der Waals surface area contributed by atoms with E-state index in [9.17, 15) is 0 Å². The number of benzene rings is 10. The van der Waals surface area contributed by atoms with Crippen LogP contribution in [0.1, 0.15) is 25.0 Å². The zero-order valence-corrected chi connectivity index (χ0v) is 31.0. The summed E-state index contributed by atoms with van der Waals surface area (Å²) in [6.45, 7) is 4.76. The molecule has 0 atom stereocenters. The maximum atomic E-state index is 2.47. The van der Waals surface area contributed by atoms with Crippen molar-refractivity contribution in [3.8, 4) is 55.6 Å². The third-order valence-corrected chi connectivity index (χ3v) is 12.2. The van der Waals surface area contributed by atoms with Gasteiger partial charge in [0.25, 0.3) is 0 Å². The molecule has 0 nitrogen and oxygen atoms in total. The molecule has 0 aromatic heterocycles. The van der Waals surface area contributed by atoms with E-state index in [1.165, 1.54) is 110 Å². The van der Waals surface area contributed by atoms with Crippen molar-refractivity contribution >= 4 is 43.1 Å². The fourth-order valence-corrected chi connectivity index (χ4v) is 9.57. The third-order valence-electron chi connectivity index (χ3n) is 12.2. The molecule has 258 valence electrons. The van der Waals surface area contributed by atoms with Crippen molar-refractivity contribution in [1.29, 1.82) is 0 Å². The molecule has 0 radical (unpaired) electrons. The molecule has 1 aliphatic rings. The second kappa shape index (κ2) is 12.1. The highest BCUT2D eigenvalue weighted by Crippen LogP contribution is 2.55. The molecular weight excluding hydrogens is 661 g/mol. The fraction of sp³-hybridized carbons (Fsp3) is 0.0545.